The highest BCUT2D eigenvalue weighted by molar-refractivity contribution is 5.97. The summed E-state index contributed by atoms with van der Waals surface area (Å²) in [5.74, 6) is 1.48. The van der Waals surface area contributed by atoms with E-state index in [0.717, 1.165) is 45.7 Å². The molecule has 0 spiro atoms. The summed E-state index contributed by atoms with van der Waals surface area (Å²) >= 11 is 0. The highest BCUT2D eigenvalue weighted by Gasteiger charge is 2.39. The number of aryl methyl sites for hydroxylation is 1. The van der Waals surface area contributed by atoms with Gasteiger partial charge < -0.3 is 25.0 Å². The van der Waals surface area contributed by atoms with E-state index in [2.05, 4.69) is 30.6 Å². The van der Waals surface area contributed by atoms with Crippen molar-refractivity contribution >= 4 is 40.5 Å². The maximum absolute atomic E-state index is 11.0. The van der Waals surface area contributed by atoms with Gasteiger partial charge in [0.15, 0.2) is 0 Å². The van der Waals surface area contributed by atoms with Crippen LogP contribution in [0.15, 0.2) is 72.1 Å². The van der Waals surface area contributed by atoms with Crippen LogP contribution in [0.4, 0.5) is 17.2 Å². The van der Waals surface area contributed by atoms with Gasteiger partial charge >= 0.3 is 0 Å². The molecule has 2 aromatic heterocycles. The van der Waals surface area contributed by atoms with E-state index in [1.807, 2.05) is 61.5 Å². The number of anilines is 3. The molecule has 0 saturated carbocycles. The van der Waals surface area contributed by atoms with Crippen LogP contribution in [0, 0.1) is 6.92 Å². The van der Waals surface area contributed by atoms with Gasteiger partial charge in [-0.3, -0.25) is 9.78 Å². The molecule has 1 fully saturated rings. The van der Waals surface area contributed by atoms with Crippen LogP contribution in [0.25, 0.3) is 10.9 Å². The van der Waals surface area contributed by atoms with Gasteiger partial charge in [0.2, 0.25) is 6.41 Å². The second-order valence-corrected chi connectivity index (χ2v) is 9.01. The fourth-order valence-corrected chi connectivity index (χ4v) is 4.52. The summed E-state index contributed by atoms with van der Waals surface area (Å²) in [6.07, 6.45) is 4.03. The number of carbonyl (C=O) groups is 1. The SMILES string of the molecule is Cc1cc(Nc2ncnc3ccc(NC4=NC5CN(C=O)CC5O4)cc23)ccc1OCc1ccccn1. The molecule has 2 aliphatic heterocycles. The number of aliphatic imine (C=N–C) groups is 1. The Kier molecular flexibility index (Phi) is 5.97. The predicted octanol–water partition coefficient (Wildman–Crippen LogP) is 3.66. The first kappa shape index (κ1) is 22.7. The maximum Gasteiger partial charge on any atom is 0.290 e. The summed E-state index contributed by atoms with van der Waals surface area (Å²) in [6.45, 7) is 3.54. The Bertz CT molecular complexity index is 1480. The van der Waals surface area contributed by atoms with Crippen molar-refractivity contribution in [3.05, 3.63) is 78.4 Å². The first-order valence-electron chi connectivity index (χ1n) is 12.0. The molecule has 6 rings (SSSR count). The zero-order chi connectivity index (χ0) is 25.2. The average Bonchev–Trinajstić information content (AvgIpc) is 3.47. The zero-order valence-electron chi connectivity index (χ0n) is 20.2. The lowest BCUT2D eigenvalue weighted by atomic mass is 10.1. The number of amides is 1. The second kappa shape index (κ2) is 9.73. The first-order valence-corrected chi connectivity index (χ1v) is 12.0. The number of likely N-dealkylation sites (tertiary alicyclic amines) is 1. The van der Waals surface area contributed by atoms with E-state index in [-0.39, 0.29) is 12.1 Å². The molecule has 1 saturated heterocycles. The van der Waals surface area contributed by atoms with Gasteiger partial charge in [0.05, 0.1) is 17.8 Å². The van der Waals surface area contributed by atoms with Gasteiger partial charge in [0, 0.05) is 29.5 Å². The molecule has 4 heterocycles. The minimum absolute atomic E-state index is 0.0344. The molecule has 0 aliphatic carbocycles. The smallest absolute Gasteiger partial charge is 0.290 e. The number of pyridine rings is 1. The highest BCUT2D eigenvalue weighted by atomic mass is 16.5. The molecule has 2 unspecified atom stereocenters. The Hall–Kier alpha value is -4.73. The maximum atomic E-state index is 11.0. The van der Waals surface area contributed by atoms with E-state index in [4.69, 9.17) is 9.47 Å². The second-order valence-electron chi connectivity index (χ2n) is 9.01. The van der Waals surface area contributed by atoms with Crippen molar-refractivity contribution in [3.8, 4) is 5.75 Å². The van der Waals surface area contributed by atoms with E-state index in [0.29, 0.717) is 31.5 Å². The number of hydrogen-bond donors (Lipinski definition) is 2. The summed E-state index contributed by atoms with van der Waals surface area (Å²) in [5.41, 5.74) is 4.38. The zero-order valence-corrected chi connectivity index (χ0v) is 20.2. The minimum atomic E-state index is -0.104. The molecule has 4 aromatic rings. The molecule has 2 atom stereocenters. The molecule has 2 aromatic carbocycles. The normalized spacial score (nSPS) is 18.2. The number of carbonyl (C=O) groups excluding carboxylic acids is 1. The van der Waals surface area contributed by atoms with Crippen LogP contribution in [0.2, 0.25) is 0 Å². The van der Waals surface area contributed by atoms with Crippen molar-refractivity contribution in [2.75, 3.05) is 23.7 Å². The van der Waals surface area contributed by atoms with Crippen molar-refractivity contribution in [1.29, 1.82) is 0 Å². The van der Waals surface area contributed by atoms with Crippen molar-refractivity contribution in [1.82, 2.24) is 19.9 Å². The molecule has 0 bridgehead atoms. The van der Waals surface area contributed by atoms with Gasteiger partial charge in [-0.1, -0.05) is 6.07 Å². The molecular weight excluding hydrogens is 470 g/mol. The molecule has 1 amide bonds. The third-order valence-electron chi connectivity index (χ3n) is 6.39. The number of nitrogens with zero attached hydrogens (tertiary/aromatic N) is 5. The van der Waals surface area contributed by atoms with Crippen molar-refractivity contribution in [3.63, 3.8) is 0 Å². The summed E-state index contributed by atoms with van der Waals surface area (Å²) in [6, 6.07) is 17.9. The predicted molar refractivity (Wildman–Crippen MR) is 140 cm³/mol. The molecule has 2 aliphatic rings. The number of fused-ring (bicyclic) bond motifs is 2. The third-order valence-corrected chi connectivity index (χ3v) is 6.39. The van der Waals surface area contributed by atoms with E-state index in [9.17, 15) is 4.79 Å². The third kappa shape index (κ3) is 4.86. The Morgan fingerprint density at radius 3 is 2.76 bits per heavy atom. The lowest BCUT2D eigenvalue weighted by Crippen LogP contribution is -2.25. The van der Waals surface area contributed by atoms with Crippen LogP contribution in [0.3, 0.4) is 0 Å². The Morgan fingerprint density at radius 1 is 1.05 bits per heavy atom. The lowest BCUT2D eigenvalue weighted by Gasteiger charge is -2.14. The van der Waals surface area contributed by atoms with Crippen molar-refractivity contribution in [2.45, 2.75) is 25.7 Å². The number of amidine groups is 1. The summed E-state index contributed by atoms with van der Waals surface area (Å²) in [4.78, 5) is 30.4. The van der Waals surface area contributed by atoms with Gasteiger partial charge in [0.1, 0.15) is 36.6 Å². The van der Waals surface area contributed by atoms with Crippen LogP contribution in [-0.4, -0.2) is 57.5 Å². The summed E-state index contributed by atoms with van der Waals surface area (Å²) in [5, 5.41) is 7.51. The molecule has 10 heteroatoms. The molecule has 37 heavy (non-hydrogen) atoms. The van der Waals surface area contributed by atoms with Crippen LogP contribution in [0.1, 0.15) is 11.3 Å². The van der Waals surface area contributed by atoms with Gasteiger partial charge in [-0.2, -0.15) is 0 Å². The number of aromatic nitrogens is 3. The van der Waals surface area contributed by atoms with Crippen molar-refractivity contribution < 1.29 is 14.3 Å². The fourth-order valence-electron chi connectivity index (χ4n) is 4.52. The van der Waals surface area contributed by atoms with Crippen LogP contribution in [0.5, 0.6) is 5.75 Å². The number of ether oxygens (including phenoxy) is 2. The monoisotopic (exact) mass is 495 g/mol. The Balaban J connectivity index is 1.17. The van der Waals surface area contributed by atoms with Gasteiger partial charge in [-0.05, 0) is 61.0 Å². The van der Waals surface area contributed by atoms with Gasteiger partial charge in [-0.15, -0.1) is 0 Å². The number of hydrogen-bond acceptors (Lipinski definition) is 9. The van der Waals surface area contributed by atoms with Crippen LogP contribution < -0.4 is 15.4 Å². The Morgan fingerprint density at radius 2 is 1.95 bits per heavy atom. The van der Waals surface area contributed by atoms with E-state index < -0.39 is 0 Å². The molecule has 2 N–H and O–H groups in total. The average molecular weight is 496 g/mol. The Labute approximate surface area is 213 Å². The van der Waals surface area contributed by atoms with E-state index in [1.165, 1.54) is 0 Å². The lowest BCUT2D eigenvalue weighted by molar-refractivity contribution is -0.117. The minimum Gasteiger partial charge on any atom is -0.487 e. The first-order chi connectivity index (χ1) is 18.1. The summed E-state index contributed by atoms with van der Waals surface area (Å²) in [7, 11) is 0. The van der Waals surface area contributed by atoms with E-state index in [1.54, 1.807) is 17.4 Å². The van der Waals surface area contributed by atoms with Gasteiger partial charge in [-0.25, -0.2) is 15.0 Å². The number of nitrogens with one attached hydrogen (secondary N) is 2. The van der Waals surface area contributed by atoms with Crippen LogP contribution in [-0.2, 0) is 16.1 Å². The van der Waals surface area contributed by atoms with Gasteiger partial charge in [0.25, 0.3) is 6.02 Å². The quantitative estimate of drug-likeness (QED) is 0.374. The summed E-state index contributed by atoms with van der Waals surface area (Å²) < 4.78 is 11.9. The van der Waals surface area contributed by atoms with Crippen molar-refractivity contribution in [2.24, 2.45) is 4.99 Å². The highest BCUT2D eigenvalue weighted by Crippen LogP contribution is 2.29. The number of benzene rings is 2. The standard InChI is InChI=1S/C27H25N7O3/c1-17-10-18(6-8-24(17)36-14-20-4-2-3-9-28-20)31-26-21-11-19(5-7-22(21)29-15-30-26)32-27-33-23-12-34(16-35)13-25(23)37-27/h2-11,15-16,23,25H,12-14H2,1H3,(H,32,33)(H,29,30,31). The molecule has 10 nitrogen and oxygen atoms in total. The van der Waals surface area contributed by atoms with E-state index >= 15 is 0 Å². The molecule has 186 valence electrons. The largest absolute Gasteiger partial charge is 0.487 e. The molecule has 0 radical (unpaired) electrons. The topological polar surface area (TPSA) is 114 Å². The number of rotatable bonds is 7. The van der Waals surface area contributed by atoms with Crippen LogP contribution >= 0.6 is 0 Å². The molecular formula is C27H25N7O3. The fraction of sp³-hybridized carbons (Fsp3) is 0.222.